The molecule has 170 valence electrons. The number of aromatic nitrogens is 3. The summed E-state index contributed by atoms with van der Waals surface area (Å²) < 4.78 is 13.8. The zero-order valence-electron chi connectivity index (χ0n) is 18.8. The Morgan fingerprint density at radius 2 is 1.67 bits per heavy atom. The minimum absolute atomic E-state index is 0.0157. The number of piperazine rings is 1. The van der Waals surface area contributed by atoms with Crippen LogP contribution in [0.25, 0.3) is 15.9 Å². The Hall–Kier alpha value is -3.59. The molecule has 0 unspecified atom stereocenters. The molecule has 1 saturated heterocycles. The molecule has 2 aromatic carbocycles. The molecule has 1 aliphatic rings. The molecule has 1 aliphatic heterocycles. The fraction of sp³-hybridized carbons (Fsp3) is 0.292. The van der Waals surface area contributed by atoms with Crippen molar-refractivity contribution in [2.45, 2.75) is 6.92 Å². The zero-order chi connectivity index (χ0) is 22.9. The number of carbonyl (C=O) groups excluding carboxylic acids is 1. The van der Waals surface area contributed by atoms with Crippen molar-refractivity contribution in [2.75, 3.05) is 45.3 Å². The zero-order valence-corrected chi connectivity index (χ0v) is 19.6. The van der Waals surface area contributed by atoms with Gasteiger partial charge in [0, 0.05) is 26.2 Å². The van der Waals surface area contributed by atoms with E-state index in [1.54, 1.807) is 31.8 Å². The Labute approximate surface area is 196 Å². The minimum Gasteiger partial charge on any atom is -0.495 e. The Balaban J connectivity index is 1.32. The standard InChI is InChI=1S/C24H25N5O3S/c1-16-18(15-25-29(16)17-7-5-4-6-8-17)23(30)27-11-13-28(14-12-27)24-26-21-19(31-2)9-10-20(32-3)22(21)33-24/h4-10,15H,11-14H2,1-3H3. The first-order chi connectivity index (χ1) is 16.1. The van der Waals surface area contributed by atoms with Gasteiger partial charge < -0.3 is 19.3 Å². The molecule has 9 heteroatoms. The second-order valence-electron chi connectivity index (χ2n) is 7.81. The highest BCUT2D eigenvalue weighted by molar-refractivity contribution is 7.22. The van der Waals surface area contributed by atoms with Crippen LogP contribution in [-0.4, -0.2) is 66.0 Å². The van der Waals surface area contributed by atoms with Crippen molar-refractivity contribution in [1.82, 2.24) is 19.7 Å². The summed E-state index contributed by atoms with van der Waals surface area (Å²) in [5, 5.41) is 5.36. The molecule has 0 bridgehead atoms. The third-order valence-electron chi connectivity index (χ3n) is 5.98. The number of thiazole rings is 1. The van der Waals surface area contributed by atoms with E-state index in [1.165, 1.54) is 0 Å². The molecular weight excluding hydrogens is 438 g/mol. The molecule has 0 radical (unpaired) electrons. The van der Waals surface area contributed by atoms with Gasteiger partial charge in [0.05, 0.1) is 37.4 Å². The molecule has 33 heavy (non-hydrogen) atoms. The van der Waals surface area contributed by atoms with E-state index < -0.39 is 0 Å². The number of methoxy groups -OCH3 is 2. The lowest BCUT2D eigenvalue weighted by molar-refractivity contribution is 0.0746. The molecule has 2 aromatic heterocycles. The van der Waals surface area contributed by atoms with Crippen molar-refractivity contribution in [2.24, 2.45) is 0 Å². The topological polar surface area (TPSA) is 72.7 Å². The summed E-state index contributed by atoms with van der Waals surface area (Å²) in [7, 11) is 3.31. The number of amides is 1. The average Bonchev–Trinajstić information content (AvgIpc) is 3.48. The summed E-state index contributed by atoms with van der Waals surface area (Å²) in [6, 6.07) is 13.6. The third-order valence-corrected chi connectivity index (χ3v) is 7.11. The number of para-hydroxylation sites is 1. The van der Waals surface area contributed by atoms with Crippen molar-refractivity contribution in [3.63, 3.8) is 0 Å². The summed E-state index contributed by atoms with van der Waals surface area (Å²) in [6.07, 6.45) is 1.67. The fourth-order valence-electron chi connectivity index (χ4n) is 4.13. The number of fused-ring (bicyclic) bond motifs is 1. The first kappa shape index (κ1) is 21.3. The first-order valence-electron chi connectivity index (χ1n) is 10.8. The van der Waals surface area contributed by atoms with E-state index in [2.05, 4.69) is 10.00 Å². The second-order valence-corrected chi connectivity index (χ2v) is 8.79. The van der Waals surface area contributed by atoms with E-state index in [0.717, 1.165) is 38.2 Å². The van der Waals surface area contributed by atoms with Crippen LogP contribution in [0.1, 0.15) is 16.1 Å². The maximum absolute atomic E-state index is 13.2. The van der Waals surface area contributed by atoms with Crippen molar-refractivity contribution in [3.8, 4) is 17.2 Å². The molecule has 3 heterocycles. The number of rotatable bonds is 5. The number of carbonyl (C=O) groups is 1. The molecule has 1 amide bonds. The van der Waals surface area contributed by atoms with Gasteiger partial charge in [0.1, 0.15) is 21.7 Å². The highest BCUT2D eigenvalue weighted by atomic mass is 32.1. The minimum atomic E-state index is 0.0157. The van der Waals surface area contributed by atoms with Crippen LogP contribution in [-0.2, 0) is 0 Å². The van der Waals surface area contributed by atoms with Gasteiger partial charge in [0.15, 0.2) is 5.13 Å². The van der Waals surface area contributed by atoms with Gasteiger partial charge in [-0.1, -0.05) is 29.5 Å². The van der Waals surface area contributed by atoms with Crippen LogP contribution >= 0.6 is 11.3 Å². The number of ether oxygens (including phenoxy) is 2. The van der Waals surface area contributed by atoms with E-state index in [9.17, 15) is 4.79 Å². The second kappa shape index (κ2) is 8.74. The Morgan fingerprint density at radius 3 is 2.36 bits per heavy atom. The molecule has 4 aromatic rings. The Bertz CT molecular complexity index is 1250. The van der Waals surface area contributed by atoms with E-state index in [1.807, 2.05) is 59.0 Å². The van der Waals surface area contributed by atoms with Crippen molar-refractivity contribution >= 4 is 32.6 Å². The normalized spacial score (nSPS) is 14.0. The smallest absolute Gasteiger partial charge is 0.257 e. The highest BCUT2D eigenvalue weighted by Gasteiger charge is 2.27. The van der Waals surface area contributed by atoms with Crippen LogP contribution in [0.2, 0.25) is 0 Å². The van der Waals surface area contributed by atoms with Gasteiger partial charge >= 0.3 is 0 Å². The summed E-state index contributed by atoms with van der Waals surface area (Å²) in [6.45, 7) is 4.60. The van der Waals surface area contributed by atoms with Crippen LogP contribution < -0.4 is 14.4 Å². The number of nitrogens with zero attached hydrogens (tertiary/aromatic N) is 5. The van der Waals surface area contributed by atoms with Crippen molar-refractivity contribution in [1.29, 1.82) is 0 Å². The Morgan fingerprint density at radius 1 is 0.970 bits per heavy atom. The number of anilines is 1. The number of hydrogen-bond donors (Lipinski definition) is 0. The quantitative estimate of drug-likeness (QED) is 0.449. The van der Waals surface area contributed by atoms with Crippen LogP contribution in [0.3, 0.4) is 0 Å². The summed E-state index contributed by atoms with van der Waals surface area (Å²) in [4.78, 5) is 22.2. The van der Waals surface area contributed by atoms with Crippen molar-refractivity contribution < 1.29 is 14.3 Å². The van der Waals surface area contributed by atoms with Crippen LogP contribution in [0.15, 0.2) is 48.7 Å². The van der Waals surface area contributed by atoms with E-state index in [0.29, 0.717) is 31.7 Å². The molecular formula is C24H25N5O3S. The van der Waals surface area contributed by atoms with Crippen LogP contribution in [0.4, 0.5) is 5.13 Å². The van der Waals surface area contributed by atoms with Gasteiger partial charge in [0.2, 0.25) is 0 Å². The third kappa shape index (κ3) is 3.78. The summed E-state index contributed by atoms with van der Waals surface area (Å²) >= 11 is 1.59. The van der Waals surface area contributed by atoms with Gasteiger partial charge in [-0.25, -0.2) is 9.67 Å². The lowest BCUT2D eigenvalue weighted by atomic mass is 10.2. The average molecular weight is 464 g/mol. The molecule has 8 nitrogen and oxygen atoms in total. The maximum atomic E-state index is 13.2. The molecule has 0 aliphatic carbocycles. The Kier molecular flexibility index (Phi) is 5.63. The van der Waals surface area contributed by atoms with Gasteiger partial charge in [-0.3, -0.25) is 4.79 Å². The van der Waals surface area contributed by atoms with Crippen molar-refractivity contribution in [3.05, 3.63) is 59.9 Å². The van der Waals surface area contributed by atoms with Gasteiger partial charge in [-0.15, -0.1) is 0 Å². The van der Waals surface area contributed by atoms with Crippen LogP contribution in [0, 0.1) is 6.92 Å². The van der Waals surface area contributed by atoms with E-state index in [-0.39, 0.29) is 5.91 Å². The lowest BCUT2D eigenvalue weighted by Gasteiger charge is -2.34. The van der Waals surface area contributed by atoms with Gasteiger partial charge in [0.25, 0.3) is 5.91 Å². The largest absolute Gasteiger partial charge is 0.495 e. The van der Waals surface area contributed by atoms with Gasteiger partial charge in [-0.2, -0.15) is 5.10 Å². The summed E-state index contributed by atoms with van der Waals surface area (Å²) in [5.74, 6) is 1.53. The predicted octanol–water partition coefficient (Wildman–Crippen LogP) is 3.77. The van der Waals surface area contributed by atoms with Gasteiger partial charge in [-0.05, 0) is 31.2 Å². The molecule has 1 fully saturated rings. The monoisotopic (exact) mass is 463 g/mol. The lowest BCUT2D eigenvalue weighted by Crippen LogP contribution is -2.48. The molecule has 0 saturated carbocycles. The number of hydrogen-bond acceptors (Lipinski definition) is 7. The molecule has 0 N–H and O–H groups in total. The SMILES string of the molecule is COc1ccc(OC)c2sc(N3CCN(C(=O)c4cnn(-c5ccccc5)c4C)CC3)nc12. The fourth-order valence-corrected chi connectivity index (χ4v) is 5.26. The highest BCUT2D eigenvalue weighted by Crippen LogP contribution is 2.40. The van der Waals surface area contributed by atoms with Crippen LogP contribution in [0.5, 0.6) is 11.5 Å². The van der Waals surface area contributed by atoms with E-state index >= 15 is 0 Å². The molecule has 5 rings (SSSR count). The summed E-state index contributed by atoms with van der Waals surface area (Å²) in [5.41, 5.74) is 3.24. The number of benzene rings is 2. The molecule has 0 atom stereocenters. The first-order valence-corrected chi connectivity index (χ1v) is 11.6. The van der Waals surface area contributed by atoms with E-state index in [4.69, 9.17) is 14.5 Å². The predicted molar refractivity (Wildman–Crippen MR) is 129 cm³/mol. The maximum Gasteiger partial charge on any atom is 0.257 e. The molecule has 0 spiro atoms.